The first kappa shape index (κ1) is 8.76. The van der Waals surface area contributed by atoms with Gasteiger partial charge in [0.15, 0.2) is 5.96 Å². The standard InChI is InChI=1S/C10H15N5/c11-10(13-8-1-2-8)15-6-5-14-4-3-12-9(14)7-15/h3-4,8H,1-2,5-7H2,(H2,11,13). The lowest BCUT2D eigenvalue weighted by Crippen LogP contribution is -2.42. The Morgan fingerprint density at radius 1 is 1.47 bits per heavy atom. The van der Waals surface area contributed by atoms with E-state index in [9.17, 15) is 0 Å². The van der Waals surface area contributed by atoms with E-state index in [1.807, 2.05) is 12.4 Å². The maximum atomic E-state index is 5.95. The average molecular weight is 205 g/mol. The number of rotatable bonds is 1. The van der Waals surface area contributed by atoms with Crippen LogP contribution in [-0.2, 0) is 13.1 Å². The van der Waals surface area contributed by atoms with E-state index in [0.29, 0.717) is 12.0 Å². The van der Waals surface area contributed by atoms with Crippen molar-refractivity contribution in [2.24, 2.45) is 10.7 Å². The molecule has 0 atom stereocenters. The highest BCUT2D eigenvalue weighted by molar-refractivity contribution is 5.78. The highest BCUT2D eigenvalue weighted by atomic mass is 15.3. The van der Waals surface area contributed by atoms with Crippen LogP contribution in [0.25, 0.3) is 0 Å². The van der Waals surface area contributed by atoms with E-state index in [0.717, 1.165) is 25.5 Å². The second kappa shape index (κ2) is 3.25. The number of aliphatic imine (C=N–C) groups is 1. The second-order valence-corrected chi connectivity index (χ2v) is 4.18. The normalized spacial score (nSPS) is 21.6. The summed E-state index contributed by atoms with van der Waals surface area (Å²) >= 11 is 0. The van der Waals surface area contributed by atoms with Crippen molar-refractivity contribution in [1.29, 1.82) is 0 Å². The number of hydrogen-bond acceptors (Lipinski definition) is 2. The Kier molecular flexibility index (Phi) is 1.90. The summed E-state index contributed by atoms with van der Waals surface area (Å²) in [6, 6.07) is 0.492. The number of guanidine groups is 1. The molecule has 5 heteroatoms. The summed E-state index contributed by atoms with van der Waals surface area (Å²) in [6.07, 6.45) is 6.25. The van der Waals surface area contributed by atoms with Crippen LogP contribution in [0.1, 0.15) is 18.7 Å². The van der Waals surface area contributed by atoms with E-state index < -0.39 is 0 Å². The fourth-order valence-corrected chi connectivity index (χ4v) is 1.84. The Labute approximate surface area is 88.6 Å². The monoisotopic (exact) mass is 205 g/mol. The summed E-state index contributed by atoms with van der Waals surface area (Å²) < 4.78 is 2.17. The van der Waals surface area contributed by atoms with Gasteiger partial charge in [-0.3, -0.25) is 0 Å². The van der Waals surface area contributed by atoms with Crippen molar-refractivity contribution < 1.29 is 0 Å². The third kappa shape index (κ3) is 1.69. The largest absolute Gasteiger partial charge is 0.370 e. The zero-order chi connectivity index (χ0) is 10.3. The Morgan fingerprint density at radius 3 is 3.13 bits per heavy atom. The molecule has 5 nitrogen and oxygen atoms in total. The molecule has 0 saturated heterocycles. The van der Waals surface area contributed by atoms with Gasteiger partial charge in [0.05, 0.1) is 12.6 Å². The Morgan fingerprint density at radius 2 is 2.33 bits per heavy atom. The van der Waals surface area contributed by atoms with E-state index >= 15 is 0 Å². The highest BCUT2D eigenvalue weighted by Gasteiger charge is 2.23. The molecule has 1 aliphatic carbocycles. The van der Waals surface area contributed by atoms with Crippen molar-refractivity contribution in [3.8, 4) is 0 Å². The molecule has 3 rings (SSSR count). The lowest BCUT2D eigenvalue weighted by atomic mass is 10.4. The minimum atomic E-state index is 0.492. The highest BCUT2D eigenvalue weighted by Crippen LogP contribution is 2.23. The van der Waals surface area contributed by atoms with Crippen LogP contribution in [0, 0.1) is 0 Å². The molecule has 2 heterocycles. The van der Waals surface area contributed by atoms with Gasteiger partial charge < -0.3 is 15.2 Å². The van der Waals surface area contributed by atoms with Crippen LogP contribution in [0.2, 0.25) is 0 Å². The van der Waals surface area contributed by atoms with Crippen molar-refractivity contribution in [3.05, 3.63) is 18.2 Å². The van der Waals surface area contributed by atoms with Crippen molar-refractivity contribution in [3.63, 3.8) is 0 Å². The first-order valence-corrected chi connectivity index (χ1v) is 5.41. The maximum Gasteiger partial charge on any atom is 0.192 e. The molecule has 1 fully saturated rings. The fourth-order valence-electron chi connectivity index (χ4n) is 1.84. The van der Waals surface area contributed by atoms with Crippen LogP contribution in [0.5, 0.6) is 0 Å². The number of nitrogens with zero attached hydrogens (tertiary/aromatic N) is 4. The summed E-state index contributed by atoms with van der Waals surface area (Å²) in [6.45, 7) is 2.68. The number of imidazole rings is 1. The molecule has 2 aliphatic rings. The molecule has 15 heavy (non-hydrogen) atoms. The molecular formula is C10H15N5. The van der Waals surface area contributed by atoms with Gasteiger partial charge in [0, 0.05) is 25.5 Å². The lowest BCUT2D eigenvalue weighted by molar-refractivity contribution is 0.325. The molecule has 0 spiro atoms. The summed E-state index contributed by atoms with van der Waals surface area (Å²) in [4.78, 5) is 10.9. The van der Waals surface area contributed by atoms with Crippen LogP contribution in [0.4, 0.5) is 0 Å². The minimum Gasteiger partial charge on any atom is -0.370 e. The lowest BCUT2D eigenvalue weighted by Gasteiger charge is -2.28. The van der Waals surface area contributed by atoms with E-state index in [4.69, 9.17) is 5.73 Å². The van der Waals surface area contributed by atoms with Crippen LogP contribution >= 0.6 is 0 Å². The van der Waals surface area contributed by atoms with Gasteiger partial charge in [0.2, 0.25) is 0 Å². The molecule has 1 aromatic rings. The molecule has 0 unspecified atom stereocenters. The summed E-state index contributed by atoms with van der Waals surface area (Å²) in [5, 5.41) is 0. The van der Waals surface area contributed by atoms with Crippen molar-refractivity contribution in [2.75, 3.05) is 6.54 Å². The van der Waals surface area contributed by atoms with Gasteiger partial charge in [0.1, 0.15) is 5.82 Å². The summed E-state index contributed by atoms with van der Waals surface area (Å²) in [7, 11) is 0. The topological polar surface area (TPSA) is 59.4 Å². The number of nitrogens with two attached hydrogens (primary N) is 1. The smallest absolute Gasteiger partial charge is 0.192 e. The zero-order valence-electron chi connectivity index (χ0n) is 8.63. The third-order valence-electron chi connectivity index (χ3n) is 2.93. The molecule has 1 aliphatic heterocycles. The van der Waals surface area contributed by atoms with Crippen LogP contribution < -0.4 is 5.73 Å². The molecule has 0 aromatic carbocycles. The number of aromatic nitrogens is 2. The molecule has 1 saturated carbocycles. The quantitative estimate of drug-likeness (QED) is 0.525. The van der Waals surface area contributed by atoms with E-state index in [1.165, 1.54) is 12.8 Å². The van der Waals surface area contributed by atoms with E-state index in [1.54, 1.807) is 0 Å². The average Bonchev–Trinajstić information content (AvgIpc) is 2.94. The number of fused-ring (bicyclic) bond motifs is 1. The Hall–Kier alpha value is -1.52. The SMILES string of the molecule is NC(=NC1CC1)N1CCn2ccnc2C1. The zero-order valence-corrected chi connectivity index (χ0v) is 8.63. The predicted octanol–water partition coefficient (Wildman–Crippen LogP) is 0.176. The first-order valence-electron chi connectivity index (χ1n) is 5.41. The van der Waals surface area contributed by atoms with Crippen molar-refractivity contribution in [2.45, 2.75) is 32.0 Å². The van der Waals surface area contributed by atoms with Gasteiger partial charge in [-0.05, 0) is 12.8 Å². The Balaban J connectivity index is 1.74. The van der Waals surface area contributed by atoms with Crippen LogP contribution in [0.15, 0.2) is 17.4 Å². The second-order valence-electron chi connectivity index (χ2n) is 4.18. The van der Waals surface area contributed by atoms with Gasteiger partial charge >= 0.3 is 0 Å². The van der Waals surface area contributed by atoms with Gasteiger partial charge in [-0.25, -0.2) is 9.98 Å². The van der Waals surface area contributed by atoms with Crippen molar-refractivity contribution in [1.82, 2.24) is 14.5 Å². The predicted molar refractivity (Wildman–Crippen MR) is 57.3 cm³/mol. The Bertz CT molecular complexity index is 390. The first-order chi connectivity index (χ1) is 7.33. The van der Waals surface area contributed by atoms with Gasteiger partial charge in [0.25, 0.3) is 0 Å². The number of hydrogen-bond donors (Lipinski definition) is 1. The minimum absolute atomic E-state index is 0.492. The third-order valence-corrected chi connectivity index (χ3v) is 2.93. The molecular weight excluding hydrogens is 190 g/mol. The molecule has 80 valence electrons. The van der Waals surface area contributed by atoms with Gasteiger partial charge in [-0.15, -0.1) is 0 Å². The molecule has 0 bridgehead atoms. The van der Waals surface area contributed by atoms with Gasteiger partial charge in [-0.1, -0.05) is 0 Å². The summed E-state index contributed by atoms with van der Waals surface area (Å²) in [5.41, 5.74) is 5.95. The molecule has 2 N–H and O–H groups in total. The molecule has 1 aromatic heterocycles. The maximum absolute atomic E-state index is 5.95. The molecule has 0 amide bonds. The fraction of sp³-hybridized carbons (Fsp3) is 0.600. The van der Waals surface area contributed by atoms with Crippen LogP contribution in [-0.4, -0.2) is 33.0 Å². The molecule has 0 radical (unpaired) electrons. The van der Waals surface area contributed by atoms with Crippen LogP contribution in [0.3, 0.4) is 0 Å². The van der Waals surface area contributed by atoms with Gasteiger partial charge in [-0.2, -0.15) is 0 Å². The van der Waals surface area contributed by atoms with E-state index in [-0.39, 0.29) is 0 Å². The van der Waals surface area contributed by atoms with Crippen molar-refractivity contribution >= 4 is 5.96 Å². The summed E-state index contributed by atoms with van der Waals surface area (Å²) in [5.74, 6) is 1.77. The van der Waals surface area contributed by atoms with E-state index in [2.05, 4.69) is 19.4 Å².